The highest BCUT2D eigenvalue weighted by atomic mass is 14.8. The normalized spacial score (nSPS) is 8.82. The van der Waals surface area contributed by atoms with E-state index in [1.165, 1.54) is 5.56 Å². The Morgan fingerprint density at radius 2 is 2.18 bits per heavy atom. The van der Waals surface area contributed by atoms with Crippen LogP contribution in [0.25, 0.3) is 0 Å². The van der Waals surface area contributed by atoms with E-state index in [4.69, 9.17) is 6.42 Å². The summed E-state index contributed by atoms with van der Waals surface area (Å²) in [7, 11) is 1.88. The number of terminal acetylenes is 1. The molecule has 0 aliphatic carbocycles. The Morgan fingerprint density at radius 3 is 2.64 bits per heavy atom. The van der Waals surface area contributed by atoms with Crippen molar-refractivity contribution in [2.75, 3.05) is 12.4 Å². The van der Waals surface area contributed by atoms with Crippen molar-refractivity contribution in [1.82, 2.24) is 0 Å². The summed E-state index contributed by atoms with van der Waals surface area (Å²) < 4.78 is 0. The largest absolute Gasteiger partial charge is 0.387 e. The number of hydrogen-bond acceptors (Lipinski definition) is 1. The topological polar surface area (TPSA) is 12.0 Å². The molecular formula is C10H11N. The van der Waals surface area contributed by atoms with Crippen molar-refractivity contribution in [3.8, 4) is 12.3 Å². The van der Waals surface area contributed by atoms with Crippen LogP contribution in [0.4, 0.5) is 5.69 Å². The van der Waals surface area contributed by atoms with Gasteiger partial charge in [-0.2, -0.15) is 0 Å². The Bertz CT molecular complexity index is 294. The maximum Gasteiger partial charge on any atom is 0.0526 e. The standard InChI is InChI=1S/C10H11N/c1-4-9-7-5-6-8(2)10(9)11-3/h1,5-7,11H,2-3H3. The lowest BCUT2D eigenvalue weighted by Gasteiger charge is -2.06. The minimum absolute atomic E-state index is 0.924. The number of nitrogens with one attached hydrogen (secondary N) is 1. The van der Waals surface area contributed by atoms with Crippen molar-refractivity contribution >= 4 is 5.69 Å². The van der Waals surface area contributed by atoms with Gasteiger partial charge in [-0.25, -0.2) is 0 Å². The van der Waals surface area contributed by atoms with E-state index in [1.807, 2.05) is 32.2 Å². The Labute approximate surface area is 67.4 Å². The van der Waals surface area contributed by atoms with Gasteiger partial charge in [0.15, 0.2) is 0 Å². The van der Waals surface area contributed by atoms with E-state index in [2.05, 4.69) is 11.2 Å². The molecule has 0 spiro atoms. The van der Waals surface area contributed by atoms with Gasteiger partial charge in [-0.15, -0.1) is 6.42 Å². The van der Waals surface area contributed by atoms with Crippen LogP contribution in [-0.2, 0) is 0 Å². The van der Waals surface area contributed by atoms with Gasteiger partial charge in [-0.1, -0.05) is 18.1 Å². The molecule has 1 nitrogen and oxygen atoms in total. The fourth-order valence-corrected chi connectivity index (χ4v) is 1.12. The number of benzene rings is 1. The second-order valence-electron chi connectivity index (χ2n) is 2.39. The SMILES string of the molecule is C#Cc1cccc(C)c1NC. The van der Waals surface area contributed by atoms with Gasteiger partial charge in [-0.3, -0.25) is 0 Å². The summed E-state index contributed by atoms with van der Waals surface area (Å²) in [6.07, 6.45) is 5.31. The van der Waals surface area contributed by atoms with E-state index < -0.39 is 0 Å². The van der Waals surface area contributed by atoms with Crippen molar-refractivity contribution in [2.24, 2.45) is 0 Å². The van der Waals surface area contributed by atoms with Crippen LogP contribution >= 0.6 is 0 Å². The summed E-state index contributed by atoms with van der Waals surface area (Å²) >= 11 is 0. The Kier molecular flexibility index (Phi) is 2.18. The van der Waals surface area contributed by atoms with E-state index in [0.717, 1.165) is 11.3 Å². The summed E-state index contributed by atoms with van der Waals surface area (Å²) in [4.78, 5) is 0. The van der Waals surface area contributed by atoms with Crippen LogP contribution < -0.4 is 5.32 Å². The highest BCUT2D eigenvalue weighted by Crippen LogP contribution is 2.18. The molecule has 0 unspecified atom stereocenters. The molecule has 0 amide bonds. The third-order valence-electron chi connectivity index (χ3n) is 1.68. The fourth-order valence-electron chi connectivity index (χ4n) is 1.12. The van der Waals surface area contributed by atoms with Crippen LogP contribution in [-0.4, -0.2) is 7.05 Å². The first-order valence-corrected chi connectivity index (χ1v) is 3.53. The van der Waals surface area contributed by atoms with Crippen molar-refractivity contribution in [3.05, 3.63) is 29.3 Å². The van der Waals surface area contributed by atoms with E-state index in [-0.39, 0.29) is 0 Å². The zero-order chi connectivity index (χ0) is 8.27. The van der Waals surface area contributed by atoms with Crippen molar-refractivity contribution in [3.63, 3.8) is 0 Å². The number of aryl methyl sites for hydroxylation is 1. The monoisotopic (exact) mass is 145 g/mol. The summed E-state index contributed by atoms with van der Waals surface area (Å²) in [6.45, 7) is 2.03. The Morgan fingerprint density at radius 1 is 1.45 bits per heavy atom. The van der Waals surface area contributed by atoms with Gasteiger partial charge in [0.2, 0.25) is 0 Å². The lowest BCUT2D eigenvalue weighted by atomic mass is 10.1. The van der Waals surface area contributed by atoms with Crippen molar-refractivity contribution in [2.45, 2.75) is 6.92 Å². The third-order valence-corrected chi connectivity index (χ3v) is 1.68. The predicted octanol–water partition coefficient (Wildman–Crippen LogP) is 2.02. The van der Waals surface area contributed by atoms with Gasteiger partial charge in [0.25, 0.3) is 0 Å². The van der Waals surface area contributed by atoms with E-state index >= 15 is 0 Å². The Hall–Kier alpha value is -1.42. The van der Waals surface area contributed by atoms with Gasteiger partial charge in [-0.05, 0) is 18.6 Å². The second-order valence-corrected chi connectivity index (χ2v) is 2.39. The maximum absolute atomic E-state index is 5.31. The molecule has 0 atom stereocenters. The molecule has 56 valence electrons. The number of hydrogen-bond donors (Lipinski definition) is 1. The molecule has 0 aliphatic rings. The summed E-state index contributed by atoms with van der Waals surface area (Å²) in [6, 6.07) is 5.93. The molecule has 1 heteroatoms. The third kappa shape index (κ3) is 1.35. The van der Waals surface area contributed by atoms with Gasteiger partial charge in [0.05, 0.1) is 5.69 Å². The zero-order valence-corrected chi connectivity index (χ0v) is 6.81. The van der Waals surface area contributed by atoms with Crippen LogP contribution in [0, 0.1) is 19.3 Å². The zero-order valence-electron chi connectivity index (χ0n) is 6.81. The second kappa shape index (κ2) is 3.12. The molecule has 1 aromatic carbocycles. The number of anilines is 1. The maximum atomic E-state index is 5.31. The number of para-hydroxylation sites is 1. The first-order valence-electron chi connectivity index (χ1n) is 3.53. The molecule has 0 saturated carbocycles. The molecule has 0 aliphatic heterocycles. The summed E-state index contributed by atoms with van der Waals surface area (Å²) in [5, 5.41) is 3.07. The lowest BCUT2D eigenvalue weighted by molar-refractivity contribution is 1.39. The van der Waals surface area contributed by atoms with Crippen LogP contribution in [0.3, 0.4) is 0 Å². The highest BCUT2D eigenvalue weighted by Gasteiger charge is 1.98. The van der Waals surface area contributed by atoms with Crippen molar-refractivity contribution < 1.29 is 0 Å². The van der Waals surface area contributed by atoms with Crippen molar-refractivity contribution in [1.29, 1.82) is 0 Å². The molecule has 0 radical (unpaired) electrons. The first-order chi connectivity index (χ1) is 5.29. The highest BCUT2D eigenvalue weighted by molar-refractivity contribution is 5.62. The van der Waals surface area contributed by atoms with Crippen LogP contribution in [0.1, 0.15) is 11.1 Å². The lowest BCUT2D eigenvalue weighted by Crippen LogP contribution is -1.94. The average Bonchev–Trinajstić information content (AvgIpc) is 2.04. The van der Waals surface area contributed by atoms with E-state index in [1.54, 1.807) is 0 Å². The molecule has 0 saturated heterocycles. The van der Waals surface area contributed by atoms with E-state index in [0.29, 0.717) is 0 Å². The van der Waals surface area contributed by atoms with E-state index in [9.17, 15) is 0 Å². The number of rotatable bonds is 1. The molecule has 0 aromatic heterocycles. The molecule has 11 heavy (non-hydrogen) atoms. The van der Waals surface area contributed by atoms with Gasteiger partial charge >= 0.3 is 0 Å². The molecule has 0 heterocycles. The Balaban J connectivity index is 3.27. The minimum Gasteiger partial charge on any atom is -0.387 e. The van der Waals surface area contributed by atoms with Crippen LogP contribution in [0.15, 0.2) is 18.2 Å². The quantitative estimate of drug-likeness (QED) is 0.596. The fraction of sp³-hybridized carbons (Fsp3) is 0.200. The van der Waals surface area contributed by atoms with Gasteiger partial charge in [0.1, 0.15) is 0 Å². The molecule has 1 N–H and O–H groups in total. The van der Waals surface area contributed by atoms with Gasteiger partial charge in [0, 0.05) is 12.6 Å². The molecule has 0 bridgehead atoms. The smallest absolute Gasteiger partial charge is 0.0526 e. The molecular weight excluding hydrogens is 134 g/mol. The summed E-state index contributed by atoms with van der Waals surface area (Å²) in [5.41, 5.74) is 3.16. The summed E-state index contributed by atoms with van der Waals surface area (Å²) in [5.74, 6) is 2.62. The van der Waals surface area contributed by atoms with Crippen LogP contribution in [0.5, 0.6) is 0 Å². The van der Waals surface area contributed by atoms with Crippen LogP contribution in [0.2, 0.25) is 0 Å². The first kappa shape index (κ1) is 7.68. The minimum atomic E-state index is 0.924. The van der Waals surface area contributed by atoms with Gasteiger partial charge < -0.3 is 5.32 Å². The molecule has 0 fully saturated rings. The average molecular weight is 145 g/mol. The molecule has 1 aromatic rings. The molecule has 1 rings (SSSR count). The predicted molar refractivity (Wildman–Crippen MR) is 48.7 cm³/mol.